The monoisotopic (exact) mass is 891 g/mol. The molecule has 1 saturated heterocycles. The number of benzene rings is 1. The van der Waals surface area contributed by atoms with Gasteiger partial charge in [0, 0.05) is 52.7 Å². The number of unbranched alkanes of at least 4 members (excludes halogenated alkanes) is 1. The molecule has 1 aromatic carbocycles. The van der Waals surface area contributed by atoms with Gasteiger partial charge in [0.25, 0.3) is 5.91 Å². The molecule has 0 radical (unpaired) electrons. The number of nitrogens with one attached hydrogen (secondary N) is 2. The van der Waals surface area contributed by atoms with Crippen molar-refractivity contribution >= 4 is 41.3 Å². The molecule has 1 heterocycles. The molecule has 0 spiro atoms. The predicted molar refractivity (Wildman–Crippen MR) is 230 cm³/mol. The second-order valence-electron chi connectivity index (χ2n) is 17.9. The number of ketones is 1. The third-order valence-electron chi connectivity index (χ3n) is 11.5. The van der Waals surface area contributed by atoms with Crippen LogP contribution in [0, 0.1) is 35.0 Å². The minimum atomic E-state index is -4.99. The van der Waals surface area contributed by atoms with Crippen molar-refractivity contribution in [2.75, 3.05) is 21.1 Å². The zero-order chi connectivity index (χ0) is 47.8. The summed E-state index contributed by atoms with van der Waals surface area (Å²) < 4.78 is 47.8. The lowest BCUT2D eigenvalue weighted by atomic mass is 9.86. The number of carbonyl (C=O) groups excluding carboxylic acids is 7. The highest BCUT2D eigenvalue weighted by Gasteiger charge is 2.43. The van der Waals surface area contributed by atoms with Crippen LogP contribution >= 0.6 is 0 Å². The van der Waals surface area contributed by atoms with E-state index >= 15 is 0 Å². The second-order valence-corrected chi connectivity index (χ2v) is 17.9. The van der Waals surface area contributed by atoms with Crippen LogP contribution in [0.15, 0.2) is 30.3 Å². The van der Waals surface area contributed by atoms with Gasteiger partial charge in [0.2, 0.25) is 23.6 Å². The summed E-state index contributed by atoms with van der Waals surface area (Å²) >= 11 is 0. The fourth-order valence-electron chi connectivity index (χ4n) is 7.79. The maximum atomic E-state index is 14.7. The number of alkyl halides is 3. The lowest BCUT2D eigenvalue weighted by Gasteiger charge is -2.35. The highest BCUT2D eigenvalue weighted by molar-refractivity contribution is 5.97. The number of cyclic esters (lactones) is 1. The maximum absolute atomic E-state index is 14.7. The van der Waals surface area contributed by atoms with Crippen molar-refractivity contribution in [2.45, 2.75) is 162 Å². The number of nitriles is 1. The van der Waals surface area contributed by atoms with E-state index in [2.05, 4.69) is 10.6 Å². The standard InChI is InChI=1S/C46H69F3N6O8/c1-11-12-17-30(6)24-34-43(60)53(8)31(7)45(62)63-39(20-16-21-50)41(58)52-35(27-46(47,48)49)44(61)54(9)36(23-29(4)5)38(56)26-33(22-28(2)3)42(59)55(10)37(40(57)51-34)25-32-18-14-13-15-19-32/h13-15,18-19,28-31,33-37,39H,11-12,16-17,20,22-27H2,1-10H3,(H,51,57)(H,52,58)/t30-,31+,33-,34?,35-,36+,37+,39-/m1/s1. The van der Waals surface area contributed by atoms with Crippen molar-refractivity contribution in [3.05, 3.63) is 35.9 Å². The van der Waals surface area contributed by atoms with Gasteiger partial charge >= 0.3 is 12.1 Å². The number of amides is 5. The largest absolute Gasteiger partial charge is 0.451 e. The number of nitrogens with zero attached hydrogens (tertiary/aromatic N) is 4. The first-order valence-electron chi connectivity index (χ1n) is 22.0. The zero-order valence-electron chi connectivity index (χ0n) is 38.6. The van der Waals surface area contributed by atoms with Crippen molar-refractivity contribution in [1.29, 1.82) is 5.26 Å². The smallest absolute Gasteiger partial charge is 0.391 e. The van der Waals surface area contributed by atoms with Gasteiger partial charge in [-0.1, -0.05) is 91.1 Å². The van der Waals surface area contributed by atoms with E-state index in [4.69, 9.17) is 4.74 Å². The summed E-state index contributed by atoms with van der Waals surface area (Å²) in [4.78, 5) is 103. The summed E-state index contributed by atoms with van der Waals surface area (Å²) in [7, 11) is 3.91. The number of rotatable bonds is 14. The van der Waals surface area contributed by atoms with Crippen molar-refractivity contribution in [3.63, 3.8) is 0 Å². The summed E-state index contributed by atoms with van der Waals surface area (Å²) in [6.45, 7) is 12.5. The molecule has 2 N–H and O–H groups in total. The Hall–Kier alpha value is -5.01. The Morgan fingerprint density at radius 1 is 0.794 bits per heavy atom. The first-order valence-corrected chi connectivity index (χ1v) is 22.0. The Bertz CT molecular complexity index is 1750. The number of esters is 1. The molecule has 8 atom stereocenters. The van der Waals surface area contributed by atoms with Gasteiger partial charge in [-0.3, -0.25) is 28.8 Å². The number of Topliss-reactive ketones (excluding diaryl/α,β-unsaturated/α-hetero) is 1. The van der Waals surface area contributed by atoms with Crippen LogP contribution in [0.3, 0.4) is 0 Å². The van der Waals surface area contributed by atoms with Gasteiger partial charge in [-0.2, -0.15) is 18.4 Å². The van der Waals surface area contributed by atoms with Crippen LogP contribution < -0.4 is 10.6 Å². The number of likely N-dealkylation sites (N-methyl/N-ethyl adjacent to an activating group) is 3. The summed E-state index contributed by atoms with van der Waals surface area (Å²) in [5.41, 5.74) is 0.701. The minimum Gasteiger partial charge on any atom is -0.451 e. The number of ether oxygens (including phenoxy) is 1. The first-order chi connectivity index (χ1) is 29.4. The van der Waals surface area contributed by atoms with Gasteiger partial charge in [-0.25, -0.2) is 4.79 Å². The number of carbonyl (C=O) groups is 7. The van der Waals surface area contributed by atoms with E-state index in [1.807, 2.05) is 27.7 Å². The molecule has 1 aromatic rings. The first kappa shape index (κ1) is 54.1. The molecule has 0 saturated carbocycles. The van der Waals surface area contributed by atoms with E-state index in [0.717, 1.165) is 29.7 Å². The molecule has 63 heavy (non-hydrogen) atoms. The molecule has 1 fully saturated rings. The molecule has 0 bridgehead atoms. The summed E-state index contributed by atoms with van der Waals surface area (Å²) in [6.07, 6.45) is -7.09. The van der Waals surface area contributed by atoms with Gasteiger partial charge in [0.05, 0.1) is 18.5 Å². The van der Waals surface area contributed by atoms with Crippen LogP contribution in [0.1, 0.15) is 118 Å². The lowest BCUT2D eigenvalue weighted by Crippen LogP contribution is -2.57. The average molecular weight is 891 g/mol. The molecule has 352 valence electrons. The zero-order valence-corrected chi connectivity index (χ0v) is 38.6. The van der Waals surface area contributed by atoms with Crippen LogP contribution in [0.5, 0.6) is 0 Å². The normalized spacial score (nSPS) is 25.1. The van der Waals surface area contributed by atoms with Gasteiger partial charge in [-0.05, 0) is 49.5 Å². The Morgan fingerprint density at radius 3 is 1.92 bits per heavy atom. The van der Waals surface area contributed by atoms with E-state index in [9.17, 15) is 52.0 Å². The molecule has 14 nitrogen and oxygen atoms in total. The summed E-state index contributed by atoms with van der Waals surface area (Å²) in [5, 5.41) is 14.3. The van der Waals surface area contributed by atoms with Crippen molar-refractivity contribution in [1.82, 2.24) is 25.3 Å². The van der Waals surface area contributed by atoms with Crippen molar-refractivity contribution in [3.8, 4) is 6.07 Å². The Morgan fingerprint density at radius 2 is 1.37 bits per heavy atom. The fraction of sp³-hybridized carbons (Fsp3) is 0.696. The van der Waals surface area contributed by atoms with Crippen molar-refractivity contribution in [2.24, 2.45) is 23.7 Å². The Balaban J connectivity index is 2.90. The van der Waals surface area contributed by atoms with E-state index in [-0.39, 0.29) is 49.9 Å². The SMILES string of the molecule is CCCC[C@@H](C)CC1NC(=O)[C@H](Cc2ccccc2)N(C)C(=O)[C@H](CC(C)C)CC(=O)[C@H](CC(C)C)N(C)C(=O)[C@@H](CC(F)(F)F)NC(=O)[C@@H](CCC#N)OC(=O)[C@H](C)N(C)C1=O. The Labute approximate surface area is 371 Å². The molecule has 0 aliphatic carbocycles. The van der Waals surface area contributed by atoms with E-state index in [1.54, 1.807) is 50.2 Å². The van der Waals surface area contributed by atoms with Gasteiger partial charge in [0.1, 0.15) is 24.2 Å². The average Bonchev–Trinajstić information content (AvgIpc) is 3.21. The minimum absolute atomic E-state index is 0.00509. The molecule has 1 aliphatic rings. The molecular formula is C46H69F3N6O8. The molecule has 2 rings (SSSR count). The quantitative estimate of drug-likeness (QED) is 0.219. The molecular weight excluding hydrogens is 822 g/mol. The highest BCUT2D eigenvalue weighted by Crippen LogP contribution is 2.27. The number of hydrogen-bond donors (Lipinski definition) is 2. The van der Waals surface area contributed by atoms with E-state index < -0.39 is 109 Å². The second kappa shape index (κ2) is 25.3. The molecule has 5 amide bonds. The summed E-state index contributed by atoms with van der Waals surface area (Å²) in [5.74, 6) is -7.69. The number of hydrogen-bond acceptors (Lipinski definition) is 9. The lowest BCUT2D eigenvalue weighted by molar-refractivity contribution is -0.166. The van der Waals surface area contributed by atoms with Crippen LogP contribution in [0.25, 0.3) is 0 Å². The van der Waals surface area contributed by atoms with Crippen molar-refractivity contribution < 1.29 is 51.5 Å². The molecule has 17 heteroatoms. The van der Waals surface area contributed by atoms with Gasteiger partial charge < -0.3 is 30.1 Å². The Kier molecular flexibility index (Phi) is 21.8. The number of halogens is 3. The van der Waals surface area contributed by atoms with E-state index in [1.165, 1.54) is 25.9 Å². The van der Waals surface area contributed by atoms with Crippen LogP contribution in [0.2, 0.25) is 0 Å². The van der Waals surface area contributed by atoms with E-state index in [0.29, 0.717) is 12.0 Å². The van der Waals surface area contributed by atoms with Gasteiger partial charge in [-0.15, -0.1) is 0 Å². The topological polar surface area (TPSA) is 186 Å². The predicted octanol–water partition coefficient (Wildman–Crippen LogP) is 5.77. The third kappa shape index (κ3) is 17.2. The van der Waals surface area contributed by atoms with Crippen LogP contribution in [-0.4, -0.2) is 120 Å². The molecule has 1 unspecified atom stereocenters. The fourth-order valence-corrected chi connectivity index (χ4v) is 7.79. The third-order valence-corrected chi connectivity index (χ3v) is 11.5. The van der Waals surface area contributed by atoms with Crippen LogP contribution in [0.4, 0.5) is 13.2 Å². The molecule has 1 aliphatic heterocycles. The summed E-state index contributed by atoms with van der Waals surface area (Å²) in [6, 6.07) is 3.35. The molecule has 0 aromatic heterocycles. The van der Waals surface area contributed by atoms with Gasteiger partial charge in [0.15, 0.2) is 11.9 Å². The van der Waals surface area contributed by atoms with Crippen LogP contribution in [-0.2, 0) is 44.7 Å². The maximum Gasteiger partial charge on any atom is 0.391 e. The highest BCUT2D eigenvalue weighted by atomic mass is 19.4.